The molecule has 2 aromatic heterocycles. The number of carbonyl (C=O) groups is 2. The van der Waals surface area contributed by atoms with Crippen LogP contribution in [0.5, 0.6) is 0 Å². The number of hydrogen-bond donors (Lipinski definition) is 4. The van der Waals surface area contributed by atoms with Crippen molar-refractivity contribution in [2.45, 2.75) is 50.2 Å². The molecule has 5 N–H and O–H groups in total. The maximum absolute atomic E-state index is 13.5. The number of nitrogens with one attached hydrogen (secondary N) is 3. The smallest absolute Gasteiger partial charge is 0.280 e. The molecule has 1 amide bonds. The number of rotatable bonds is 4. The zero-order valence-corrected chi connectivity index (χ0v) is 18.5. The summed E-state index contributed by atoms with van der Waals surface area (Å²) in [6, 6.07) is 6.77. The zero-order valence-electron chi connectivity index (χ0n) is 17.0. The van der Waals surface area contributed by atoms with Crippen molar-refractivity contribution in [3.8, 4) is 0 Å². The predicted molar refractivity (Wildman–Crippen MR) is 122 cm³/mol. The predicted octanol–water partition coefficient (Wildman–Crippen LogP) is 3.18. The van der Waals surface area contributed by atoms with Gasteiger partial charge in [-0.05, 0) is 37.1 Å². The minimum absolute atomic E-state index is 0.188. The molecule has 0 spiro atoms. The van der Waals surface area contributed by atoms with Gasteiger partial charge in [-0.2, -0.15) is 0 Å². The molecule has 9 heteroatoms. The molecule has 1 saturated carbocycles. The van der Waals surface area contributed by atoms with Gasteiger partial charge in [-0.1, -0.05) is 24.4 Å². The number of fused-ring (bicyclic) bond motifs is 2. The number of Topliss-reactive ketones (excluding diaryl/α,β-unsaturated/α-hetero) is 1. The van der Waals surface area contributed by atoms with Crippen LogP contribution in [0.15, 0.2) is 24.3 Å². The molecule has 1 fully saturated rings. The number of carbonyl (C=O) groups excluding carboxylic acids is 2. The molecule has 3 heterocycles. The number of amides is 1. The number of nitrogens with two attached hydrogens (primary N) is 1. The largest absolute Gasteiger partial charge is 0.352 e. The Hall–Kier alpha value is -2.26. The van der Waals surface area contributed by atoms with Crippen molar-refractivity contribution in [1.29, 1.82) is 0 Å². The first-order valence-electron chi connectivity index (χ1n) is 10.6. The molecule has 5 rings (SSSR count). The Kier molecular flexibility index (Phi) is 5.34. The summed E-state index contributed by atoms with van der Waals surface area (Å²) in [5, 5.41) is 8.24. The minimum Gasteiger partial charge on any atom is -0.352 e. The minimum atomic E-state index is -1.17. The Morgan fingerprint density at radius 2 is 2.16 bits per heavy atom. The normalized spacial score (nSPS) is 23.5. The van der Waals surface area contributed by atoms with Crippen LogP contribution >= 0.6 is 22.9 Å². The Balaban J connectivity index is 1.40. The van der Waals surface area contributed by atoms with E-state index in [2.05, 4.69) is 20.6 Å². The summed E-state index contributed by atoms with van der Waals surface area (Å²) < 4.78 is 0. The highest BCUT2D eigenvalue weighted by molar-refractivity contribution is 7.13. The van der Waals surface area contributed by atoms with Crippen LogP contribution in [0.1, 0.15) is 56.5 Å². The van der Waals surface area contributed by atoms with Crippen molar-refractivity contribution in [2.75, 3.05) is 6.54 Å². The molecule has 0 radical (unpaired) electrons. The van der Waals surface area contributed by atoms with E-state index in [1.54, 1.807) is 12.1 Å². The van der Waals surface area contributed by atoms with Gasteiger partial charge in [0.2, 0.25) is 5.78 Å². The van der Waals surface area contributed by atoms with E-state index in [1.165, 1.54) is 11.3 Å². The second kappa shape index (κ2) is 8.02. The summed E-state index contributed by atoms with van der Waals surface area (Å²) in [5.41, 5.74) is 7.81. The van der Waals surface area contributed by atoms with Crippen molar-refractivity contribution < 1.29 is 9.59 Å². The van der Waals surface area contributed by atoms with E-state index in [0.29, 0.717) is 28.6 Å². The van der Waals surface area contributed by atoms with Crippen molar-refractivity contribution in [3.63, 3.8) is 0 Å². The number of aromatic nitrogens is 2. The molecular weight excluding hydrogens is 434 g/mol. The monoisotopic (exact) mass is 457 g/mol. The van der Waals surface area contributed by atoms with Crippen LogP contribution in [-0.4, -0.2) is 39.8 Å². The van der Waals surface area contributed by atoms with E-state index in [1.807, 2.05) is 12.1 Å². The fourth-order valence-corrected chi connectivity index (χ4v) is 5.75. The number of halogens is 1. The maximum atomic E-state index is 13.5. The highest BCUT2D eigenvalue weighted by atomic mass is 35.5. The quantitative estimate of drug-likeness (QED) is 0.449. The van der Waals surface area contributed by atoms with Gasteiger partial charge in [0.05, 0.1) is 17.4 Å². The van der Waals surface area contributed by atoms with Crippen molar-refractivity contribution in [2.24, 2.45) is 5.73 Å². The summed E-state index contributed by atoms with van der Waals surface area (Å²) in [7, 11) is 0. The number of nitrogens with zero attached hydrogens (tertiary/aromatic N) is 1. The first-order valence-corrected chi connectivity index (χ1v) is 11.8. The number of aromatic amines is 1. The summed E-state index contributed by atoms with van der Waals surface area (Å²) in [4.78, 5) is 35.3. The van der Waals surface area contributed by atoms with E-state index < -0.39 is 11.6 Å². The Bertz CT molecular complexity index is 1150. The standard InChI is InChI=1S/C22H24ClN5O2S/c23-13-4-5-14-12(9-13)10-16(26-14)19(29)22(24)7-2-1-3-18(22)28-20(30)21-27-15-6-8-25-11-17(15)31-21/h4-5,9-10,18,25-26H,1-3,6-8,11,24H2,(H,28,30). The van der Waals surface area contributed by atoms with Crippen LogP contribution in [0.25, 0.3) is 10.9 Å². The van der Waals surface area contributed by atoms with Gasteiger partial charge in [0, 0.05) is 40.3 Å². The summed E-state index contributed by atoms with van der Waals surface area (Å²) in [6.07, 6.45) is 3.76. The van der Waals surface area contributed by atoms with Gasteiger partial charge in [0.25, 0.3) is 5.91 Å². The van der Waals surface area contributed by atoms with E-state index in [0.717, 1.165) is 53.8 Å². The second-order valence-corrected chi connectivity index (χ2v) is 9.89. The number of thiazole rings is 1. The van der Waals surface area contributed by atoms with E-state index in [-0.39, 0.29) is 11.7 Å². The Labute approximate surface area is 188 Å². The van der Waals surface area contributed by atoms with Crippen molar-refractivity contribution in [3.05, 3.63) is 50.6 Å². The first kappa shape index (κ1) is 20.6. The molecule has 1 aliphatic heterocycles. The van der Waals surface area contributed by atoms with Crippen molar-refractivity contribution >= 4 is 45.5 Å². The average Bonchev–Trinajstić information content (AvgIpc) is 3.38. The molecule has 162 valence electrons. The third-order valence-electron chi connectivity index (χ3n) is 6.31. The average molecular weight is 458 g/mol. The van der Waals surface area contributed by atoms with Crippen LogP contribution < -0.4 is 16.4 Å². The lowest BCUT2D eigenvalue weighted by Gasteiger charge is -2.39. The van der Waals surface area contributed by atoms with E-state index >= 15 is 0 Å². The first-order chi connectivity index (χ1) is 14.9. The fourth-order valence-electron chi connectivity index (χ4n) is 4.59. The SMILES string of the molecule is NC1(C(=O)c2cc3cc(Cl)ccc3[nH]2)CCCCC1NC(=O)c1nc2c(s1)CNCC2. The lowest BCUT2D eigenvalue weighted by Crippen LogP contribution is -2.64. The number of hydrogen-bond acceptors (Lipinski definition) is 6. The third kappa shape index (κ3) is 3.78. The summed E-state index contributed by atoms with van der Waals surface area (Å²) >= 11 is 7.49. The fraction of sp³-hybridized carbons (Fsp3) is 0.409. The maximum Gasteiger partial charge on any atom is 0.280 e. The molecule has 1 aliphatic carbocycles. The lowest BCUT2D eigenvalue weighted by atomic mass is 9.74. The van der Waals surface area contributed by atoms with Crippen LogP contribution in [-0.2, 0) is 13.0 Å². The molecule has 2 unspecified atom stereocenters. The molecule has 1 aromatic carbocycles. The van der Waals surface area contributed by atoms with Gasteiger partial charge in [0.1, 0.15) is 5.54 Å². The van der Waals surface area contributed by atoms with Crippen LogP contribution in [0.3, 0.4) is 0 Å². The number of benzene rings is 1. The molecule has 7 nitrogen and oxygen atoms in total. The van der Waals surface area contributed by atoms with Gasteiger partial charge in [-0.3, -0.25) is 9.59 Å². The second-order valence-electron chi connectivity index (χ2n) is 8.37. The molecule has 3 aromatic rings. The van der Waals surface area contributed by atoms with Gasteiger partial charge < -0.3 is 21.4 Å². The Morgan fingerprint density at radius 1 is 1.29 bits per heavy atom. The van der Waals surface area contributed by atoms with Crippen LogP contribution in [0, 0.1) is 0 Å². The van der Waals surface area contributed by atoms with Gasteiger partial charge in [-0.25, -0.2) is 4.98 Å². The topological polar surface area (TPSA) is 113 Å². The molecule has 2 aliphatic rings. The van der Waals surface area contributed by atoms with Crippen molar-refractivity contribution in [1.82, 2.24) is 20.6 Å². The van der Waals surface area contributed by atoms with E-state index in [4.69, 9.17) is 17.3 Å². The van der Waals surface area contributed by atoms with Gasteiger partial charge >= 0.3 is 0 Å². The molecule has 0 bridgehead atoms. The van der Waals surface area contributed by atoms with Gasteiger partial charge in [0.15, 0.2) is 5.01 Å². The number of H-pyrrole nitrogens is 1. The number of ketones is 1. The molecule has 31 heavy (non-hydrogen) atoms. The highest BCUT2D eigenvalue weighted by Gasteiger charge is 2.45. The highest BCUT2D eigenvalue weighted by Crippen LogP contribution is 2.32. The van der Waals surface area contributed by atoms with E-state index in [9.17, 15) is 9.59 Å². The Morgan fingerprint density at radius 3 is 3.00 bits per heavy atom. The van der Waals surface area contributed by atoms with Crippen LogP contribution in [0.2, 0.25) is 5.02 Å². The van der Waals surface area contributed by atoms with Gasteiger partial charge in [-0.15, -0.1) is 11.3 Å². The molecular formula is C22H24ClN5O2S. The molecule has 2 atom stereocenters. The summed E-state index contributed by atoms with van der Waals surface area (Å²) in [6.45, 7) is 1.62. The third-order valence-corrected chi connectivity index (χ3v) is 7.64. The zero-order chi connectivity index (χ0) is 21.6. The summed E-state index contributed by atoms with van der Waals surface area (Å²) in [5.74, 6) is -0.440. The lowest BCUT2D eigenvalue weighted by molar-refractivity contribution is 0.0755. The van der Waals surface area contributed by atoms with Crippen LogP contribution in [0.4, 0.5) is 0 Å². The molecule has 0 saturated heterocycles.